The van der Waals surface area contributed by atoms with E-state index in [9.17, 15) is 4.79 Å². The van der Waals surface area contributed by atoms with Crippen LogP contribution in [-0.2, 0) is 4.79 Å². The Labute approximate surface area is 149 Å². The maximum Gasteiger partial charge on any atom is 0.260 e. The number of ether oxygens (including phenoxy) is 1. The van der Waals surface area contributed by atoms with Crippen LogP contribution in [0.2, 0.25) is 0 Å². The van der Waals surface area contributed by atoms with Crippen molar-refractivity contribution in [1.82, 2.24) is 5.32 Å². The fourth-order valence-corrected chi connectivity index (χ4v) is 2.12. The maximum atomic E-state index is 12.0. The zero-order valence-corrected chi connectivity index (χ0v) is 14.9. The Bertz CT molecular complexity index is 617. The normalized spacial score (nSPS) is 12.6. The average molecular weight is 349 g/mol. The molecule has 0 bridgehead atoms. The van der Waals surface area contributed by atoms with Crippen LogP contribution in [0, 0.1) is 5.92 Å². The number of hydrogen-bond donors (Lipinski definition) is 2. The lowest BCUT2D eigenvalue weighted by atomic mass is 10.1. The highest BCUT2D eigenvalue weighted by Gasteiger charge is 2.15. The van der Waals surface area contributed by atoms with Gasteiger partial charge in [0.25, 0.3) is 5.91 Å². The molecule has 2 aromatic carbocycles. The molecule has 0 aliphatic carbocycles. The summed E-state index contributed by atoms with van der Waals surface area (Å²) in [5, 5.41) is 2.85. The summed E-state index contributed by atoms with van der Waals surface area (Å²) in [4.78, 5) is 12.0. The highest BCUT2D eigenvalue weighted by atomic mass is 35.5. The van der Waals surface area contributed by atoms with E-state index in [0.29, 0.717) is 18.8 Å². The first kappa shape index (κ1) is 20.0. The second-order valence-corrected chi connectivity index (χ2v) is 5.74. The molecule has 1 amide bonds. The molecule has 0 aliphatic heterocycles. The first-order chi connectivity index (χ1) is 11.1. The van der Waals surface area contributed by atoms with Crippen LogP contribution in [0.1, 0.15) is 13.8 Å². The predicted octanol–water partition coefficient (Wildman–Crippen LogP) is 3.25. The number of rotatable bonds is 7. The minimum Gasteiger partial charge on any atom is -0.481 e. The van der Waals surface area contributed by atoms with E-state index in [1.165, 1.54) is 0 Å². The predicted molar refractivity (Wildman–Crippen MR) is 100 cm³/mol. The molecule has 0 saturated carbocycles. The van der Waals surface area contributed by atoms with E-state index in [1.807, 2.05) is 49.4 Å². The van der Waals surface area contributed by atoms with Gasteiger partial charge in [0.05, 0.1) is 0 Å². The largest absolute Gasteiger partial charge is 0.481 e. The molecule has 5 heteroatoms. The van der Waals surface area contributed by atoms with Crippen molar-refractivity contribution >= 4 is 18.3 Å². The van der Waals surface area contributed by atoms with Gasteiger partial charge in [-0.15, -0.1) is 12.4 Å². The van der Waals surface area contributed by atoms with Crippen LogP contribution in [0.3, 0.4) is 0 Å². The lowest BCUT2D eigenvalue weighted by molar-refractivity contribution is -0.127. The summed E-state index contributed by atoms with van der Waals surface area (Å²) in [5.41, 5.74) is 7.81. The van der Waals surface area contributed by atoms with Gasteiger partial charge in [-0.2, -0.15) is 0 Å². The van der Waals surface area contributed by atoms with Crippen molar-refractivity contribution < 1.29 is 9.53 Å². The molecular formula is C19H25ClN2O2. The van der Waals surface area contributed by atoms with Gasteiger partial charge in [0.2, 0.25) is 0 Å². The van der Waals surface area contributed by atoms with Gasteiger partial charge >= 0.3 is 0 Å². The zero-order valence-electron chi connectivity index (χ0n) is 14.1. The molecule has 0 radical (unpaired) electrons. The number of benzene rings is 2. The SMILES string of the molecule is CC(CN)CNC(=O)C(C)Oc1ccc(-c2ccccc2)cc1.Cl. The molecular weight excluding hydrogens is 324 g/mol. The fraction of sp³-hybridized carbons (Fsp3) is 0.316. The third-order valence-electron chi connectivity index (χ3n) is 3.67. The van der Waals surface area contributed by atoms with E-state index in [4.69, 9.17) is 10.5 Å². The molecule has 2 unspecified atom stereocenters. The van der Waals surface area contributed by atoms with Gasteiger partial charge in [0.1, 0.15) is 5.75 Å². The molecule has 0 aromatic heterocycles. The summed E-state index contributed by atoms with van der Waals surface area (Å²) in [6.45, 7) is 4.86. The smallest absolute Gasteiger partial charge is 0.260 e. The fourth-order valence-electron chi connectivity index (χ4n) is 2.12. The van der Waals surface area contributed by atoms with Gasteiger partial charge in [-0.1, -0.05) is 49.4 Å². The summed E-state index contributed by atoms with van der Waals surface area (Å²) < 4.78 is 5.69. The van der Waals surface area contributed by atoms with Gasteiger partial charge in [-0.25, -0.2) is 0 Å². The van der Waals surface area contributed by atoms with E-state index < -0.39 is 6.10 Å². The minimum atomic E-state index is -0.539. The van der Waals surface area contributed by atoms with Crippen molar-refractivity contribution in [1.29, 1.82) is 0 Å². The third-order valence-corrected chi connectivity index (χ3v) is 3.67. The number of halogens is 1. The van der Waals surface area contributed by atoms with Crippen LogP contribution in [0.5, 0.6) is 5.75 Å². The van der Waals surface area contributed by atoms with Crippen LogP contribution in [-0.4, -0.2) is 25.1 Å². The number of amides is 1. The lowest BCUT2D eigenvalue weighted by Crippen LogP contribution is -2.39. The highest BCUT2D eigenvalue weighted by molar-refractivity contribution is 5.85. The number of carbonyl (C=O) groups excluding carboxylic acids is 1. The molecule has 0 fully saturated rings. The first-order valence-corrected chi connectivity index (χ1v) is 7.90. The Kier molecular flexibility index (Phi) is 8.30. The van der Waals surface area contributed by atoms with Gasteiger partial charge < -0.3 is 15.8 Å². The van der Waals surface area contributed by atoms with Crippen LogP contribution in [0.25, 0.3) is 11.1 Å². The second kappa shape index (κ2) is 9.96. The number of carbonyl (C=O) groups is 1. The lowest BCUT2D eigenvalue weighted by Gasteiger charge is -2.16. The maximum absolute atomic E-state index is 12.0. The topological polar surface area (TPSA) is 64.3 Å². The Morgan fingerprint density at radius 1 is 1.04 bits per heavy atom. The Morgan fingerprint density at radius 3 is 2.21 bits per heavy atom. The summed E-state index contributed by atoms with van der Waals surface area (Å²) >= 11 is 0. The van der Waals surface area contributed by atoms with Crippen LogP contribution < -0.4 is 15.8 Å². The van der Waals surface area contributed by atoms with E-state index in [-0.39, 0.29) is 24.2 Å². The summed E-state index contributed by atoms with van der Waals surface area (Å²) in [6, 6.07) is 17.9. The Morgan fingerprint density at radius 2 is 1.62 bits per heavy atom. The summed E-state index contributed by atoms with van der Waals surface area (Å²) in [5.74, 6) is 0.813. The molecule has 0 aliphatic rings. The molecule has 2 atom stereocenters. The first-order valence-electron chi connectivity index (χ1n) is 7.90. The van der Waals surface area contributed by atoms with Crippen molar-refractivity contribution in [3.05, 3.63) is 54.6 Å². The zero-order chi connectivity index (χ0) is 16.7. The molecule has 3 N–H and O–H groups in total. The minimum absolute atomic E-state index is 0. The monoisotopic (exact) mass is 348 g/mol. The third kappa shape index (κ3) is 5.87. The van der Waals surface area contributed by atoms with Crippen molar-refractivity contribution in [2.75, 3.05) is 13.1 Å². The molecule has 0 spiro atoms. The van der Waals surface area contributed by atoms with E-state index >= 15 is 0 Å². The Hall–Kier alpha value is -2.04. The molecule has 2 aromatic rings. The highest BCUT2D eigenvalue weighted by Crippen LogP contribution is 2.22. The van der Waals surface area contributed by atoms with Gasteiger partial charge in [0, 0.05) is 6.54 Å². The second-order valence-electron chi connectivity index (χ2n) is 5.74. The van der Waals surface area contributed by atoms with E-state index in [2.05, 4.69) is 17.4 Å². The Balaban J connectivity index is 0.00000288. The quantitative estimate of drug-likeness (QED) is 0.807. The van der Waals surface area contributed by atoms with Gasteiger partial charge in [-0.05, 0) is 42.6 Å². The number of nitrogens with one attached hydrogen (secondary N) is 1. The molecule has 24 heavy (non-hydrogen) atoms. The average Bonchev–Trinajstić information content (AvgIpc) is 2.60. The van der Waals surface area contributed by atoms with E-state index in [0.717, 1.165) is 11.1 Å². The van der Waals surface area contributed by atoms with Crippen LogP contribution >= 0.6 is 12.4 Å². The molecule has 130 valence electrons. The van der Waals surface area contributed by atoms with Crippen molar-refractivity contribution in [2.24, 2.45) is 11.7 Å². The number of nitrogens with two attached hydrogens (primary N) is 1. The van der Waals surface area contributed by atoms with Crippen LogP contribution in [0.15, 0.2) is 54.6 Å². The van der Waals surface area contributed by atoms with Crippen molar-refractivity contribution in [3.8, 4) is 16.9 Å². The standard InChI is InChI=1S/C19H24N2O2.ClH/c1-14(12-20)13-21-19(22)15(2)23-18-10-8-17(9-11-18)16-6-4-3-5-7-16;/h3-11,14-15H,12-13,20H2,1-2H3,(H,21,22);1H. The summed E-state index contributed by atoms with van der Waals surface area (Å²) in [7, 11) is 0. The van der Waals surface area contributed by atoms with Crippen molar-refractivity contribution in [3.63, 3.8) is 0 Å². The number of hydrogen-bond acceptors (Lipinski definition) is 3. The van der Waals surface area contributed by atoms with Crippen molar-refractivity contribution in [2.45, 2.75) is 20.0 Å². The molecule has 0 saturated heterocycles. The molecule has 4 nitrogen and oxygen atoms in total. The molecule has 2 rings (SSSR count). The van der Waals surface area contributed by atoms with E-state index in [1.54, 1.807) is 6.92 Å². The van der Waals surface area contributed by atoms with Gasteiger partial charge in [0.15, 0.2) is 6.10 Å². The van der Waals surface area contributed by atoms with Gasteiger partial charge in [-0.3, -0.25) is 4.79 Å². The summed E-state index contributed by atoms with van der Waals surface area (Å²) in [6.07, 6.45) is -0.539. The molecule has 0 heterocycles. The van der Waals surface area contributed by atoms with Crippen LogP contribution in [0.4, 0.5) is 0 Å².